The predicted octanol–water partition coefficient (Wildman–Crippen LogP) is 2.33. The SMILES string of the molecule is CC1(C)COC[C@H]1n1cnc2ccc(C(=O)O)cc21. The second-order valence-corrected chi connectivity index (χ2v) is 5.68. The zero-order valence-electron chi connectivity index (χ0n) is 11.0. The van der Waals surface area contributed by atoms with Crippen LogP contribution in [0.25, 0.3) is 11.0 Å². The van der Waals surface area contributed by atoms with Crippen molar-refractivity contribution < 1.29 is 14.6 Å². The lowest BCUT2D eigenvalue weighted by Gasteiger charge is -2.26. The minimum absolute atomic E-state index is 0.0207. The number of carboxylic acids is 1. The zero-order valence-corrected chi connectivity index (χ0v) is 11.0. The topological polar surface area (TPSA) is 64.4 Å². The number of carboxylic acid groups (broad SMARTS) is 1. The third-order valence-corrected chi connectivity index (χ3v) is 3.81. The molecule has 1 aliphatic heterocycles. The van der Waals surface area contributed by atoms with E-state index in [0.29, 0.717) is 13.2 Å². The Kier molecular flexibility index (Phi) is 2.60. The first-order valence-corrected chi connectivity index (χ1v) is 6.27. The maximum Gasteiger partial charge on any atom is 0.335 e. The molecule has 1 aliphatic rings. The molecular weight excluding hydrogens is 244 g/mol. The number of imidazole rings is 1. The zero-order chi connectivity index (χ0) is 13.6. The quantitative estimate of drug-likeness (QED) is 0.900. The molecule has 0 bridgehead atoms. The van der Waals surface area contributed by atoms with Crippen molar-refractivity contribution in [3.05, 3.63) is 30.1 Å². The van der Waals surface area contributed by atoms with Crippen molar-refractivity contribution in [2.24, 2.45) is 5.41 Å². The van der Waals surface area contributed by atoms with E-state index < -0.39 is 5.97 Å². The highest BCUT2D eigenvalue weighted by Crippen LogP contribution is 2.38. The molecule has 0 amide bonds. The summed E-state index contributed by atoms with van der Waals surface area (Å²) in [4.78, 5) is 15.4. The van der Waals surface area contributed by atoms with Gasteiger partial charge in [0.2, 0.25) is 0 Å². The Morgan fingerprint density at radius 3 is 2.95 bits per heavy atom. The monoisotopic (exact) mass is 260 g/mol. The van der Waals surface area contributed by atoms with Crippen LogP contribution in [0.4, 0.5) is 0 Å². The van der Waals surface area contributed by atoms with E-state index in [1.165, 1.54) is 0 Å². The van der Waals surface area contributed by atoms with Gasteiger partial charge in [0, 0.05) is 5.41 Å². The number of rotatable bonds is 2. The number of ether oxygens (including phenoxy) is 1. The lowest BCUT2D eigenvalue weighted by Crippen LogP contribution is -2.24. The van der Waals surface area contributed by atoms with Gasteiger partial charge in [0.25, 0.3) is 0 Å². The fourth-order valence-corrected chi connectivity index (χ4v) is 2.62. The van der Waals surface area contributed by atoms with E-state index in [9.17, 15) is 4.79 Å². The molecule has 1 saturated heterocycles. The van der Waals surface area contributed by atoms with Crippen LogP contribution in [0, 0.1) is 5.41 Å². The molecule has 3 rings (SSSR count). The van der Waals surface area contributed by atoms with E-state index in [1.54, 1.807) is 24.5 Å². The fourth-order valence-electron chi connectivity index (χ4n) is 2.62. The van der Waals surface area contributed by atoms with Crippen LogP contribution < -0.4 is 0 Å². The average Bonchev–Trinajstić information content (AvgIpc) is 2.90. The van der Waals surface area contributed by atoms with E-state index in [0.717, 1.165) is 11.0 Å². The number of benzene rings is 1. The summed E-state index contributed by atoms with van der Waals surface area (Å²) in [6, 6.07) is 5.19. The third-order valence-electron chi connectivity index (χ3n) is 3.81. The second kappa shape index (κ2) is 4.06. The standard InChI is InChI=1S/C14H16N2O3/c1-14(2)7-19-6-12(14)16-8-15-10-4-3-9(13(17)18)5-11(10)16/h3-5,8,12H,6-7H2,1-2H3,(H,17,18)/t12-/m1/s1. The summed E-state index contributed by atoms with van der Waals surface area (Å²) >= 11 is 0. The summed E-state index contributed by atoms with van der Waals surface area (Å²) in [6.07, 6.45) is 1.78. The van der Waals surface area contributed by atoms with E-state index in [-0.39, 0.29) is 17.0 Å². The molecule has 0 spiro atoms. The van der Waals surface area contributed by atoms with Crippen molar-refractivity contribution in [3.8, 4) is 0 Å². The number of hydrogen-bond donors (Lipinski definition) is 1. The molecule has 1 fully saturated rings. The van der Waals surface area contributed by atoms with Crippen molar-refractivity contribution >= 4 is 17.0 Å². The van der Waals surface area contributed by atoms with Gasteiger partial charge in [0.05, 0.1) is 42.2 Å². The Hall–Kier alpha value is -1.88. The largest absolute Gasteiger partial charge is 0.478 e. The number of fused-ring (bicyclic) bond motifs is 1. The first-order valence-electron chi connectivity index (χ1n) is 6.27. The highest BCUT2D eigenvalue weighted by Gasteiger charge is 2.37. The van der Waals surface area contributed by atoms with Crippen molar-refractivity contribution in [3.63, 3.8) is 0 Å². The lowest BCUT2D eigenvalue weighted by atomic mass is 9.87. The van der Waals surface area contributed by atoms with Crippen LogP contribution in [-0.4, -0.2) is 33.8 Å². The smallest absolute Gasteiger partial charge is 0.335 e. The highest BCUT2D eigenvalue weighted by molar-refractivity contribution is 5.92. The maximum absolute atomic E-state index is 11.1. The molecule has 2 aromatic rings. The molecule has 0 radical (unpaired) electrons. The van der Waals surface area contributed by atoms with Crippen LogP contribution in [-0.2, 0) is 4.74 Å². The first kappa shape index (κ1) is 12.2. The van der Waals surface area contributed by atoms with Crippen molar-refractivity contribution in [1.29, 1.82) is 0 Å². The number of aromatic nitrogens is 2. The molecule has 2 heterocycles. The second-order valence-electron chi connectivity index (χ2n) is 5.68. The minimum Gasteiger partial charge on any atom is -0.478 e. The molecule has 5 heteroatoms. The number of carbonyl (C=O) groups is 1. The van der Waals surface area contributed by atoms with E-state index in [2.05, 4.69) is 18.8 Å². The number of aromatic carboxylic acids is 1. The van der Waals surface area contributed by atoms with Gasteiger partial charge in [-0.05, 0) is 18.2 Å². The molecule has 100 valence electrons. The molecule has 1 aromatic heterocycles. The predicted molar refractivity (Wildman–Crippen MR) is 70.3 cm³/mol. The number of hydrogen-bond acceptors (Lipinski definition) is 3. The highest BCUT2D eigenvalue weighted by atomic mass is 16.5. The van der Waals surface area contributed by atoms with Crippen LogP contribution in [0.2, 0.25) is 0 Å². The van der Waals surface area contributed by atoms with Crippen LogP contribution >= 0.6 is 0 Å². The summed E-state index contributed by atoms with van der Waals surface area (Å²) in [7, 11) is 0. The van der Waals surface area contributed by atoms with Gasteiger partial charge < -0.3 is 14.4 Å². The van der Waals surface area contributed by atoms with E-state index >= 15 is 0 Å². The Labute approximate surface area is 110 Å². The molecule has 0 unspecified atom stereocenters. The van der Waals surface area contributed by atoms with Gasteiger partial charge in [-0.15, -0.1) is 0 Å². The van der Waals surface area contributed by atoms with Gasteiger partial charge >= 0.3 is 5.97 Å². The van der Waals surface area contributed by atoms with Gasteiger partial charge in [-0.2, -0.15) is 0 Å². The van der Waals surface area contributed by atoms with Gasteiger partial charge in [-0.1, -0.05) is 13.8 Å². The van der Waals surface area contributed by atoms with E-state index in [4.69, 9.17) is 9.84 Å². The van der Waals surface area contributed by atoms with Crippen molar-refractivity contribution in [2.45, 2.75) is 19.9 Å². The molecule has 0 saturated carbocycles. The Morgan fingerprint density at radius 1 is 1.53 bits per heavy atom. The maximum atomic E-state index is 11.1. The van der Waals surface area contributed by atoms with Crippen LogP contribution in [0.15, 0.2) is 24.5 Å². The summed E-state index contributed by atoms with van der Waals surface area (Å²) in [5.41, 5.74) is 1.97. The van der Waals surface area contributed by atoms with Gasteiger partial charge in [0.1, 0.15) is 0 Å². The van der Waals surface area contributed by atoms with Crippen LogP contribution in [0.3, 0.4) is 0 Å². The third kappa shape index (κ3) is 1.90. The fraction of sp³-hybridized carbons (Fsp3) is 0.429. The summed E-state index contributed by atoms with van der Waals surface area (Å²) in [5, 5.41) is 9.09. The summed E-state index contributed by atoms with van der Waals surface area (Å²) in [5.74, 6) is -0.920. The van der Waals surface area contributed by atoms with Crippen molar-refractivity contribution in [2.75, 3.05) is 13.2 Å². The van der Waals surface area contributed by atoms with Gasteiger partial charge in [-0.3, -0.25) is 0 Å². The summed E-state index contributed by atoms with van der Waals surface area (Å²) in [6.45, 7) is 5.64. The summed E-state index contributed by atoms with van der Waals surface area (Å²) < 4.78 is 7.59. The molecule has 1 aromatic carbocycles. The average molecular weight is 260 g/mol. The molecule has 1 atom stereocenters. The van der Waals surface area contributed by atoms with Crippen molar-refractivity contribution in [1.82, 2.24) is 9.55 Å². The lowest BCUT2D eigenvalue weighted by molar-refractivity contribution is 0.0697. The van der Waals surface area contributed by atoms with E-state index in [1.807, 2.05) is 4.57 Å². The first-order chi connectivity index (χ1) is 8.99. The van der Waals surface area contributed by atoms with Gasteiger partial charge in [0.15, 0.2) is 0 Å². The van der Waals surface area contributed by atoms with Crippen LogP contribution in [0.5, 0.6) is 0 Å². The normalized spacial score (nSPS) is 21.9. The Bertz CT molecular complexity index is 645. The number of nitrogens with zero attached hydrogens (tertiary/aromatic N) is 2. The molecule has 19 heavy (non-hydrogen) atoms. The van der Waals surface area contributed by atoms with Crippen LogP contribution in [0.1, 0.15) is 30.2 Å². The molecule has 1 N–H and O–H groups in total. The minimum atomic E-state index is -0.920. The Balaban J connectivity index is 2.14. The Morgan fingerprint density at radius 2 is 2.32 bits per heavy atom. The van der Waals surface area contributed by atoms with Gasteiger partial charge in [-0.25, -0.2) is 9.78 Å². The molecule has 5 nitrogen and oxygen atoms in total. The molecular formula is C14H16N2O3. The molecule has 0 aliphatic carbocycles.